The van der Waals surface area contributed by atoms with Crippen LogP contribution in [0, 0.1) is 17.0 Å². The molecule has 0 saturated heterocycles. The molecule has 0 spiro atoms. The Balaban J connectivity index is 1.93. The molecule has 1 aliphatic rings. The van der Waals surface area contributed by atoms with Crippen molar-refractivity contribution in [3.63, 3.8) is 0 Å². The third-order valence-corrected chi connectivity index (χ3v) is 4.35. The van der Waals surface area contributed by atoms with Gasteiger partial charge in [-0.3, -0.25) is 14.9 Å². The summed E-state index contributed by atoms with van der Waals surface area (Å²) >= 11 is 0. The summed E-state index contributed by atoms with van der Waals surface area (Å²) in [5.41, 5.74) is 1.45. The van der Waals surface area contributed by atoms with Gasteiger partial charge in [-0.15, -0.1) is 0 Å². The fraction of sp³-hybridized carbons (Fsp3) is 0.263. The van der Waals surface area contributed by atoms with Gasteiger partial charge in [-0.1, -0.05) is 18.2 Å². The van der Waals surface area contributed by atoms with E-state index in [1.807, 2.05) is 0 Å². The highest BCUT2D eigenvalue weighted by molar-refractivity contribution is 5.98. The molecule has 1 fully saturated rings. The molecule has 1 amide bonds. The quantitative estimate of drug-likeness (QED) is 0.633. The molecule has 0 atom stereocenters. The zero-order valence-electron chi connectivity index (χ0n) is 14.2. The number of carbonyl (C=O) groups excluding carboxylic acids is 1. The molecular formula is C19H18N2O5. The van der Waals surface area contributed by atoms with E-state index in [2.05, 4.69) is 0 Å². The summed E-state index contributed by atoms with van der Waals surface area (Å²) in [6, 6.07) is 10.9. The second-order valence-electron chi connectivity index (χ2n) is 6.44. The molecule has 134 valence electrons. The van der Waals surface area contributed by atoms with Gasteiger partial charge in [0.1, 0.15) is 0 Å². The smallest absolute Gasteiger partial charge is 0.335 e. The predicted molar refractivity (Wildman–Crippen MR) is 94.1 cm³/mol. The van der Waals surface area contributed by atoms with Crippen molar-refractivity contribution < 1.29 is 19.6 Å². The van der Waals surface area contributed by atoms with Gasteiger partial charge in [0.25, 0.3) is 11.6 Å². The van der Waals surface area contributed by atoms with Crippen molar-refractivity contribution in [3.8, 4) is 0 Å². The number of nitrogens with zero attached hydrogens (tertiary/aromatic N) is 2. The van der Waals surface area contributed by atoms with Gasteiger partial charge in [0.05, 0.1) is 17.0 Å². The summed E-state index contributed by atoms with van der Waals surface area (Å²) in [5.74, 6) is -1.41. The maximum Gasteiger partial charge on any atom is 0.335 e. The normalized spacial score (nSPS) is 13.3. The molecule has 1 N–H and O–H groups in total. The lowest BCUT2D eigenvalue weighted by molar-refractivity contribution is -0.385. The molecule has 1 aliphatic carbocycles. The van der Waals surface area contributed by atoms with E-state index >= 15 is 0 Å². The van der Waals surface area contributed by atoms with E-state index in [0.29, 0.717) is 11.1 Å². The number of rotatable bonds is 6. The number of nitro benzene ring substituents is 1. The summed E-state index contributed by atoms with van der Waals surface area (Å²) in [6.07, 6.45) is 1.67. The lowest BCUT2D eigenvalue weighted by Crippen LogP contribution is -2.33. The highest BCUT2D eigenvalue weighted by Crippen LogP contribution is 2.32. The van der Waals surface area contributed by atoms with Crippen molar-refractivity contribution in [1.29, 1.82) is 0 Å². The number of aromatic carboxylic acids is 1. The molecule has 7 nitrogen and oxygen atoms in total. The number of carboxylic acid groups (broad SMARTS) is 1. The summed E-state index contributed by atoms with van der Waals surface area (Å²) in [4.78, 5) is 36.6. The van der Waals surface area contributed by atoms with Crippen LogP contribution < -0.4 is 0 Å². The molecule has 7 heteroatoms. The number of hydrogen-bond acceptors (Lipinski definition) is 4. The van der Waals surface area contributed by atoms with E-state index in [9.17, 15) is 24.8 Å². The van der Waals surface area contributed by atoms with Crippen LogP contribution in [0.2, 0.25) is 0 Å². The Morgan fingerprint density at radius 2 is 1.85 bits per heavy atom. The third-order valence-electron chi connectivity index (χ3n) is 4.35. The number of hydrogen-bond donors (Lipinski definition) is 1. The molecule has 0 aliphatic heterocycles. The SMILES string of the molecule is Cc1cc(C(=O)O)cc(C(=O)N(Cc2ccccc2[N+](=O)[O-])C2CC2)c1. The Hall–Kier alpha value is -3.22. The molecule has 2 aromatic carbocycles. The second-order valence-corrected chi connectivity index (χ2v) is 6.44. The highest BCUT2D eigenvalue weighted by Gasteiger charge is 2.34. The maximum absolute atomic E-state index is 13.0. The number of amides is 1. The van der Waals surface area contributed by atoms with E-state index in [1.54, 1.807) is 36.1 Å². The van der Waals surface area contributed by atoms with Gasteiger partial charge in [0.15, 0.2) is 0 Å². The zero-order chi connectivity index (χ0) is 18.8. The standard InChI is InChI=1S/C19H18N2O5/c1-12-8-14(10-15(9-12)19(23)24)18(22)20(16-6-7-16)11-13-4-2-3-5-17(13)21(25)26/h2-5,8-10,16H,6-7,11H2,1H3,(H,23,24). The molecule has 0 aromatic heterocycles. The van der Waals surface area contributed by atoms with Crippen LogP contribution in [0.4, 0.5) is 5.69 Å². The van der Waals surface area contributed by atoms with Crippen molar-refractivity contribution >= 4 is 17.6 Å². The Kier molecular flexibility index (Phi) is 4.71. The van der Waals surface area contributed by atoms with E-state index < -0.39 is 10.9 Å². The monoisotopic (exact) mass is 354 g/mol. The summed E-state index contributed by atoms with van der Waals surface area (Å²) in [5, 5.41) is 20.4. The number of aryl methyl sites for hydroxylation is 1. The van der Waals surface area contributed by atoms with Gasteiger partial charge in [0, 0.05) is 23.2 Å². The van der Waals surface area contributed by atoms with Crippen molar-refractivity contribution in [2.45, 2.75) is 32.4 Å². The van der Waals surface area contributed by atoms with Crippen LogP contribution >= 0.6 is 0 Å². The molecule has 0 bridgehead atoms. The molecule has 26 heavy (non-hydrogen) atoms. The highest BCUT2D eigenvalue weighted by atomic mass is 16.6. The number of para-hydroxylation sites is 1. The fourth-order valence-corrected chi connectivity index (χ4v) is 2.95. The summed E-state index contributed by atoms with van der Waals surface area (Å²) in [7, 11) is 0. The number of carbonyl (C=O) groups is 2. The van der Waals surface area contributed by atoms with E-state index in [1.165, 1.54) is 18.2 Å². The first kappa shape index (κ1) is 17.6. The minimum atomic E-state index is -1.10. The van der Waals surface area contributed by atoms with Crippen molar-refractivity contribution in [3.05, 3.63) is 74.8 Å². The molecular weight excluding hydrogens is 336 g/mol. The van der Waals surface area contributed by atoms with Gasteiger partial charge >= 0.3 is 5.97 Å². The van der Waals surface area contributed by atoms with Crippen LogP contribution in [-0.4, -0.2) is 32.8 Å². The Morgan fingerprint density at radius 1 is 1.19 bits per heavy atom. The van der Waals surface area contributed by atoms with Crippen LogP contribution in [0.5, 0.6) is 0 Å². The lowest BCUT2D eigenvalue weighted by atomic mass is 10.0. The van der Waals surface area contributed by atoms with Crippen LogP contribution in [0.3, 0.4) is 0 Å². The third kappa shape index (κ3) is 3.72. The Morgan fingerprint density at radius 3 is 2.46 bits per heavy atom. The van der Waals surface area contributed by atoms with Crippen molar-refractivity contribution in [1.82, 2.24) is 4.90 Å². The van der Waals surface area contributed by atoms with Crippen LogP contribution in [0.25, 0.3) is 0 Å². The first-order chi connectivity index (χ1) is 12.4. The number of nitro groups is 1. The minimum absolute atomic E-state index is 0.0242. The molecule has 0 radical (unpaired) electrons. The number of benzene rings is 2. The van der Waals surface area contributed by atoms with E-state index in [-0.39, 0.29) is 35.3 Å². The van der Waals surface area contributed by atoms with Gasteiger partial charge in [0.2, 0.25) is 0 Å². The van der Waals surface area contributed by atoms with Crippen LogP contribution in [-0.2, 0) is 6.54 Å². The summed E-state index contributed by atoms with van der Waals surface area (Å²) in [6.45, 7) is 1.85. The molecule has 0 heterocycles. The zero-order valence-corrected chi connectivity index (χ0v) is 14.2. The molecule has 1 saturated carbocycles. The van der Waals surface area contributed by atoms with Gasteiger partial charge in [-0.05, 0) is 43.5 Å². The van der Waals surface area contributed by atoms with E-state index in [0.717, 1.165) is 12.8 Å². The van der Waals surface area contributed by atoms with Crippen LogP contribution in [0.15, 0.2) is 42.5 Å². The first-order valence-electron chi connectivity index (χ1n) is 8.25. The number of carboxylic acids is 1. The largest absolute Gasteiger partial charge is 0.478 e. The van der Waals surface area contributed by atoms with Gasteiger partial charge in [-0.2, -0.15) is 0 Å². The maximum atomic E-state index is 13.0. The first-order valence-corrected chi connectivity index (χ1v) is 8.25. The summed E-state index contributed by atoms with van der Waals surface area (Å²) < 4.78 is 0. The van der Waals surface area contributed by atoms with Gasteiger partial charge in [-0.25, -0.2) is 4.79 Å². The average molecular weight is 354 g/mol. The Bertz CT molecular complexity index is 889. The van der Waals surface area contributed by atoms with E-state index in [4.69, 9.17) is 0 Å². The van der Waals surface area contributed by atoms with Gasteiger partial charge < -0.3 is 10.0 Å². The molecule has 2 aromatic rings. The Labute approximate surface area is 150 Å². The van der Waals surface area contributed by atoms with Crippen LogP contribution in [0.1, 0.15) is 44.7 Å². The lowest BCUT2D eigenvalue weighted by Gasteiger charge is -2.23. The van der Waals surface area contributed by atoms with Crippen molar-refractivity contribution in [2.75, 3.05) is 0 Å². The fourth-order valence-electron chi connectivity index (χ4n) is 2.95. The minimum Gasteiger partial charge on any atom is -0.478 e. The second kappa shape index (κ2) is 6.95. The van der Waals surface area contributed by atoms with Crippen molar-refractivity contribution in [2.24, 2.45) is 0 Å². The average Bonchev–Trinajstić information content (AvgIpc) is 3.43. The predicted octanol–water partition coefficient (Wildman–Crippen LogP) is 3.41. The molecule has 3 rings (SSSR count). The topological polar surface area (TPSA) is 101 Å². The molecule has 0 unspecified atom stereocenters.